The maximum absolute atomic E-state index is 14.2. The molecule has 1 atom stereocenters. The first-order valence-corrected chi connectivity index (χ1v) is 7.89. The molecule has 0 aromatic heterocycles. The molecule has 1 aliphatic carbocycles. The van der Waals surface area contributed by atoms with Gasteiger partial charge in [0.1, 0.15) is 5.82 Å². The Kier molecular flexibility index (Phi) is 5.54. The van der Waals surface area contributed by atoms with E-state index in [9.17, 15) is 18.8 Å². The summed E-state index contributed by atoms with van der Waals surface area (Å²) in [6.45, 7) is 1.38. The number of nitrogens with one attached hydrogen (secondary N) is 2. The van der Waals surface area contributed by atoms with Crippen molar-refractivity contribution in [2.75, 3.05) is 7.05 Å². The zero-order valence-corrected chi connectivity index (χ0v) is 13.7. The number of halogens is 1. The maximum atomic E-state index is 14.2. The molecule has 2 rings (SSSR count). The molecule has 0 heterocycles. The minimum Gasteiger partial charge on any atom is -0.452 e. The minimum atomic E-state index is -1.15. The summed E-state index contributed by atoms with van der Waals surface area (Å²) in [6.07, 6.45) is 1.34. The van der Waals surface area contributed by atoms with Crippen LogP contribution in [0.2, 0.25) is 0 Å². The zero-order chi connectivity index (χ0) is 17.7. The van der Waals surface area contributed by atoms with Crippen molar-refractivity contribution in [1.29, 1.82) is 0 Å². The van der Waals surface area contributed by atoms with Crippen molar-refractivity contribution in [3.05, 3.63) is 35.6 Å². The van der Waals surface area contributed by atoms with E-state index in [1.54, 1.807) is 18.2 Å². The lowest BCUT2D eigenvalue weighted by atomic mass is 9.78. The molecule has 0 spiro atoms. The van der Waals surface area contributed by atoms with Crippen LogP contribution in [-0.4, -0.2) is 31.1 Å². The van der Waals surface area contributed by atoms with Crippen LogP contribution in [0.1, 0.15) is 38.2 Å². The first-order valence-electron chi connectivity index (χ1n) is 7.89. The predicted molar refractivity (Wildman–Crippen MR) is 84.7 cm³/mol. The number of esters is 1. The molecule has 3 amide bonds. The molecule has 1 unspecified atom stereocenters. The molecule has 0 radical (unpaired) electrons. The quantitative estimate of drug-likeness (QED) is 0.824. The lowest BCUT2D eigenvalue weighted by molar-refractivity contribution is -0.160. The molecule has 0 saturated heterocycles. The highest BCUT2D eigenvalue weighted by Gasteiger charge is 2.46. The van der Waals surface area contributed by atoms with E-state index in [1.165, 1.54) is 20.0 Å². The second-order valence-electron chi connectivity index (χ2n) is 5.88. The fraction of sp³-hybridized carbons (Fsp3) is 0.471. The third kappa shape index (κ3) is 3.55. The normalized spacial score (nSPS) is 17.0. The Morgan fingerprint density at radius 2 is 1.83 bits per heavy atom. The Morgan fingerprint density at radius 1 is 1.21 bits per heavy atom. The Morgan fingerprint density at radius 3 is 2.42 bits per heavy atom. The summed E-state index contributed by atoms with van der Waals surface area (Å²) in [6, 6.07) is 5.44. The largest absolute Gasteiger partial charge is 0.452 e. The van der Waals surface area contributed by atoms with Crippen molar-refractivity contribution in [2.24, 2.45) is 0 Å². The molecule has 0 aliphatic heterocycles. The predicted octanol–water partition coefficient (Wildman–Crippen LogP) is 2.02. The highest BCUT2D eigenvalue weighted by Crippen LogP contribution is 2.43. The molecule has 24 heavy (non-hydrogen) atoms. The fourth-order valence-corrected chi connectivity index (χ4v) is 3.01. The van der Waals surface area contributed by atoms with E-state index in [1.807, 2.05) is 5.32 Å². The average Bonchev–Trinajstić information content (AvgIpc) is 3.05. The molecule has 1 aromatic carbocycles. The number of benzene rings is 1. The summed E-state index contributed by atoms with van der Waals surface area (Å²) in [5.74, 6) is -1.83. The van der Waals surface area contributed by atoms with Gasteiger partial charge in [-0.3, -0.25) is 14.9 Å². The van der Waals surface area contributed by atoms with Gasteiger partial charge in [-0.1, -0.05) is 31.0 Å². The first kappa shape index (κ1) is 17.9. The van der Waals surface area contributed by atoms with Crippen LogP contribution in [-0.2, 0) is 19.7 Å². The standard InChI is InChI=1S/C17H21FN2O4/c1-11(14(21)20-16(23)19-2)24-15(22)17(9-5-6-10-17)12-7-3-4-8-13(12)18/h3-4,7-8,11H,5-6,9-10H2,1-2H3,(H2,19,20,21,23). The number of rotatable bonds is 4. The molecule has 1 saturated carbocycles. The molecule has 7 heteroatoms. The van der Waals surface area contributed by atoms with Crippen LogP contribution in [0, 0.1) is 5.82 Å². The number of imide groups is 1. The molecule has 1 aromatic rings. The Bertz CT molecular complexity index is 641. The maximum Gasteiger partial charge on any atom is 0.321 e. The van der Waals surface area contributed by atoms with Gasteiger partial charge in [-0.25, -0.2) is 9.18 Å². The van der Waals surface area contributed by atoms with E-state index < -0.39 is 35.2 Å². The van der Waals surface area contributed by atoms with E-state index in [0.29, 0.717) is 18.4 Å². The summed E-state index contributed by atoms with van der Waals surface area (Å²) in [7, 11) is 1.37. The average molecular weight is 336 g/mol. The van der Waals surface area contributed by atoms with E-state index in [0.717, 1.165) is 12.8 Å². The van der Waals surface area contributed by atoms with Crippen LogP contribution in [0.25, 0.3) is 0 Å². The Labute approximate surface area is 139 Å². The first-order chi connectivity index (χ1) is 11.4. The number of hydrogen-bond acceptors (Lipinski definition) is 4. The molecule has 6 nitrogen and oxygen atoms in total. The topological polar surface area (TPSA) is 84.5 Å². The van der Waals surface area contributed by atoms with Crippen molar-refractivity contribution < 1.29 is 23.5 Å². The van der Waals surface area contributed by atoms with Crippen molar-refractivity contribution in [2.45, 2.75) is 44.1 Å². The highest BCUT2D eigenvalue weighted by atomic mass is 19.1. The van der Waals surface area contributed by atoms with Crippen LogP contribution >= 0.6 is 0 Å². The van der Waals surface area contributed by atoms with Gasteiger partial charge in [0.05, 0.1) is 5.41 Å². The van der Waals surface area contributed by atoms with Crippen LogP contribution < -0.4 is 10.6 Å². The van der Waals surface area contributed by atoms with E-state index in [-0.39, 0.29) is 0 Å². The van der Waals surface area contributed by atoms with Crippen molar-refractivity contribution >= 4 is 17.9 Å². The second kappa shape index (κ2) is 7.42. The highest BCUT2D eigenvalue weighted by molar-refractivity contribution is 5.97. The van der Waals surface area contributed by atoms with Gasteiger partial charge in [0, 0.05) is 12.6 Å². The van der Waals surface area contributed by atoms with Gasteiger partial charge in [0.15, 0.2) is 6.10 Å². The Balaban J connectivity index is 2.17. The molecular weight excluding hydrogens is 315 g/mol. The van der Waals surface area contributed by atoms with Crippen LogP contribution in [0.4, 0.5) is 9.18 Å². The van der Waals surface area contributed by atoms with Gasteiger partial charge >= 0.3 is 12.0 Å². The van der Waals surface area contributed by atoms with Crippen molar-refractivity contribution in [3.8, 4) is 0 Å². The summed E-state index contributed by atoms with van der Waals surface area (Å²) in [5, 5.41) is 4.29. The number of amides is 3. The lowest BCUT2D eigenvalue weighted by Crippen LogP contribution is -2.46. The van der Waals surface area contributed by atoms with E-state index in [2.05, 4.69) is 5.32 Å². The Hall–Kier alpha value is -2.44. The molecule has 130 valence electrons. The number of hydrogen-bond donors (Lipinski definition) is 2. The van der Waals surface area contributed by atoms with Gasteiger partial charge in [-0.15, -0.1) is 0 Å². The molecular formula is C17H21FN2O4. The van der Waals surface area contributed by atoms with Crippen LogP contribution in [0.5, 0.6) is 0 Å². The number of carbonyl (C=O) groups excluding carboxylic acids is 3. The van der Waals surface area contributed by atoms with E-state index in [4.69, 9.17) is 4.74 Å². The second-order valence-corrected chi connectivity index (χ2v) is 5.88. The molecule has 1 fully saturated rings. The summed E-state index contributed by atoms with van der Waals surface area (Å²) in [4.78, 5) is 35.7. The lowest BCUT2D eigenvalue weighted by Gasteiger charge is -2.29. The van der Waals surface area contributed by atoms with Crippen molar-refractivity contribution in [1.82, 2.24) is 10.6 Å². The molecule has 0 bridgehead atoms. The monoisotopic (exact) mass is 336 g/mol. The van der Waals surface area contributed by atoms with Crippen LogP contribution in [0.15, 0.2) is 24.3 Å². The van der Waals surface area contributed by atoms with E-state index >= 15 is 0 Å². The summed E-state index contributed by atoms with van der Waals surface area (Å²) in [5.41, 5.74) is -0.779. The minimum absolute atomic E-state index is 0.298. The number of urea groups is 1. The van der Waals surface area contributed by atoms with Gasteiger partial charge in [-0.05, 0) is 25.8 Å². The zero-order valence-electron chi connectivity index (χ0n) is 13.7. The number of ether oxygens (including phenoxy) is 1. The third-order valence-electron chi connectivity index (χ3n) is 4.35. The van der Waals surface area contributed by atoms with Gasteiger partial charge in [0.25, 0.3) is 5.91 Å². The third-order valence-corrected chi connectivity index (χ3v) is 4.35. The molecule has 2 N–H and O–H groups in total. The smallest absolute Gasteiger partial charge is 0.321 e. The van der Waals surface area contributed by atoms with Crippen LogP contribution in [0.3, 0.4) is 0 Å². The van der Waals surface area contributed by atoms with Gasteiger partial charge in [0.2, 0.25) is 0 Å². The summed E-state index contributed by atoms with van der Waals surface area (Å²) >= 11 is 0. The molecule has 1 aliphatic rings. The SMILES string of the molecule is CNC(=O)NC(=O)C(C)OC(=O)C1(c2ccccc2F)CCCC1. The summed E-state index contributed by atoms with van der Waals surface area (Å²) < 4.78 is 19.5. The van der Waals surface area contributed by atoms with Gasteiger partial charge in [-0.2, -0.15) is 0 Å². The number of carbonyl (C=O) groups is 3. The fourth-order valence-electron chi connectivity index (χ4n) is 3.01. The van der Waals surface area contributed by atoms with Crippen molar-refractivity contribution in [3.63, 3.8) is 0 Å². The van der Waals surface area contributed by atoms with Gasteiger partial charge < -0.3 is 10.1 Å².